The fourth-order valence-electron chi connectivity index (χ4n) is 1.61. The molecule has 1 N–H and O–H groups in total. The summed E-state index contributed by atoms with van der Waals surface area (Å²) >= 11 is 2.10. The average molecular weight is 252 g/mol. The second-order valence-electron chi connectivity index (χ2n) is 2.88. The van der Waals surface area contributed by atoms with Crippen molar-refractivity contribution in [2.24, 2.45) is 0 Å². The summed E-state index contributed by atoms with van der Waals surface area (Å²) in [4.78, 5) is 11.2. The lowest BCUT2D eigenvalue weighted by Crippen LogP contribution is -2.51. The van der Waals surface area contributed by atoms with E-state index in [4.69, 9.17) is 0 Å². The third-order valence-corrected chi connectivity index (χ3v) is 3.03. The van der Waals surface area contributed by atoms with Gasteiger partial charge in [-0.05, 0) is 12.8 Å². The van der Waals surface area contributed by atoms with Crippen molar-refractivity contribution in [3.05, 3.63) is 0 Å². The standard InChI is InChI=1S/C6H9IN2O/c7-9-3-4-1-2-5(8-4)6(9)10/h4-5,8H,1-3H2. The van der Waals surface area contributed by atoms with E-state index in [2.05, 4.69) is 28.2 Å². The number of rotatable bonds is 0. The number of halogens is 1. The first kappa shape index (κ1) is 6.84. The van der Waals surface area contributed by atoms with Gasteiger partial charge in [0.05, 0.1) is 28.9 Å². The molecule has 2 fully saturated rings. The smallest absolute Gasteiger partial charge is 0.248 e. The van der Waals surface area contributed by atoms with Crippen LogP contribution in [0.4, 0.5) is 0 Å². The van der Waals surface area contributed by atoms with Crippen LogP contribution in [0, 0.1) is 0 Å². The SMILES string of the molecule is O=C1C2CCC(CN1I)N2. The van der Waals surface area contributed by atoms with Crippen LogP contribution >= 0.6 is 22.9 Å². The van der Waals surface area contributed by atoms with E-state index in [-0.39, 0.29) is 11.9 Å². The Kier molecular flexibility index (Phi) is 1.60. The van der Waals surface area contributed by atoms with Gasteiger partial charge in [0.1, 0.15) is 0 Å². The average Bonchev–Trinajstić information content (AvgIpc) is 2.29. The normalized spacial score (nSPS) is 38.9. The number of nitrogens with zero attached hydrogens (tertiary/aromatic N) is 1. The van der Waals surface area contributed by atoms with Gasteiger partial charge in [0.2, 0.25) is 5.91 Å². The first-order valence-corrected chi connectivity index (χ1v) is 4.47. The van der Waals surface area contributed by atoms with Crippen molar-refractivity contribution in [3.63, 3.8) is 0 Å². The summed E-state index contributed by atoms with van der Waals surface area (Å²) in [7, 11) is 0. The molecule has 3 nitrogen and oxygen atoms in total. The van der Waals surface area contributed by atoms with Crippen molar-refractivity contribution in [2.45, 2.75) is 24.9 Å². The summed E-state index contributed by atoms with van der Waals surface area (Å²) in [6.45, 7) is 0.885. The molecule has 2 saturated heterocycles. The summed E-state index contributed by atoms with van der Waals surface area (Å²) in [5.74, 6) is 0.259. The van der Waals surface area contributed by atoms with Gasteiger partial charge in [-0.1, -0.05) is 0 Å². The molecule has 2 unspecified atom stereocenters. The number of hydrogen-bond acceptors (Lipinski definition) is 2. The summed E-state index contributed by atoms with van der Waals surface area (Å²) in [5, 5.41) is 3.27. The Hall–Kier alpha value is 0.160. The highest BCUT2D eigenvalue weighted by Crippen LogP contribution is 2.23. The molecule has 0 aromatic heterocycles. The Morgan fingerprint density at radius 2 is 2.40 bits per heavy atom. The van der Waals surface area contributed by atoms with Crippen molar-refractivity contribution in [2.75, 3.05) is 6.54 Å². The third-order valence-electron chi connectivity index (χ3n) is 2.16. The van der Waals surface area contributed by atoms with Crippen LogP contribution in [0.5, 0.6) is 0 Å². The molecular weight excluding hydrogens is 243 g/mol. The van der Waals surface area contributed by atoms with Gasteiger partial charge in [0, 0.05) is 12.6 Å². The van der Waals surface area contributed by atoms with E-state index in [9.17, 15) is 4.79 Å². The maximum atomic E-state index is 11.2. The number of carbonyl (C=O) groups is 1. The van der Waals surface area contributed by atoms with Crippen LogP contribution in [0.25, 0.3) is 0 Å². The lowest BCUT2D eigenvalue weighted by atomic mass is 10.2. The highest BCUT2D eigenvalue weighted by Gasteiger charge is 2.37. The minimum atomic E-state index is 0.135. The molecule has 0 radical (unpaired) electrons. The van der Waals surface area contributed by atoms with E-state index in [1.54, 1.807) is 3.11 Å². The lowest BCUT2D eigenvalue weighted by molar-refractivity contribution is -0.128. The van der Waals surface area contributed by atoms with E-state index in [1.165, 1.54) is 0 Å². The summed E-state index contributed by atoms with van der Waals surface area (Å²) < 4.78 is 1.80. The van der Waals surface area contributed by atoms with Crippen LogP contribution in [0.1, 0.15) is 12.8 Å². The molecule has 2 heterocycles. The third kappa shape index (κ3) is 0.934. The number of piperazine rings is 1. The van der Waals surface area contributed by atoms with Crippen molar-refractivity contribution in [1.29, 1.82) is 0 Å². The second kappa shape index (κ2) is 2.34. The second-order valence-corrected chi connectivity index (χ2v) is 4.04. The Morgan fingerprint density at radius 1 is 1.60 bits per heavy atom. The van der Waals surface area contributed by atoms with Gasteiger partial charge < -0.3 is 5.32 Å². The van der Waals surface area contributed by atoms with Crippen LogP contribution in [0.3, 0.4) is 0 Å². The number of nitrogens with one attached hydrogen (secondary N) is 1. The van der Waals surface area contributed by atoms with Crippen molar-refractivity contribution in [3.8, 4) is 0 Å². The van der Waals surface area contributed by atoms with Crippen LogP contribution in [0.15, 0.2) is 0 Å². The van der Waals surface area contributed by atoms with Gasteiger partial charge in [-0.25, -0.2) is 0 Å². The van der Waals surface area contributed by atoms with E-state index in [0.717, 1.165) is 19.4 Å². The maximum Gasteiger partial charge on any atom is 0.248 e. The molecule has 4 heteroatoms. The van der Waals surface area contributed by atoms with Crippen molar-refractivity contribution < 1.29 is 4.79 Å². The molecule has 56 valence electrons. The molecule has 10 heavy (non-hydrogen) atoms. The zero-order valence-corrected chi connectivity index (χ0v) is 7.67. The fraction of sp³-hybridized carbons (Fsp3) is 0.833. The Morgan fingerprint density at radius 3 is 3.20 bits per heavy atom. The first-order valence-electron chi connectivity index (χ1n) is 3.50. The molecule has 0 saturated carbocycles. The molecule has 2 aliphatic rings. The monoisotopic (exact) mass is 252 g/mol. The molecule has 0 aromatic rings. The molecule has 0 aromatic carbocycles. The van der Waals surface area contributed by atoms with Gasteiger partial charge >= 0.3 is 0 Å². The Balaban J connectivity index is 2.17. The number of carbonyl (C=O) groups excluding carboxylic acids is 1. The maximum absolute atomic E-state index is 11.2. The quantitative estimate of drug-likeness (QED) is 0.496. The number of amides is 1. The highest BCUT2D eigenvalue weighted by atomic mass is 127. The molecule has 0 aliphatic carbocycles. The summed E-state index contributed by atoms with van der Waals surface area (Å²) in [6, 6.07) is 0.704. The number of fused-ring (bicyclic) bond motifs is 2. The molecule has 2 bridgehead atoms. The van der Waals surface area contributed by atoms with Crippen molar-refractivity contribution in [1.82, 2.24) is 8.43 Å². The molecule has 2 aliphatic heterocycles. The first-order chi connectivity index (χ1) is 4.77. The van der Waals surface area contributed by atoms with Gasteiger partial charge in [0.25, 0.3) is 0 Å². The van der Waals surface area contributed by atoms with E-state index in [1.807, 2.05) is 0 Å². The lowest BCUT2D eigenvalue weighted by Gasteiger charge is -2.27. The number of hydrogen-bond donors (Lipinski definition) is 1. The van der Waals surface area contributed by atoms with Crippen LogP contribution in [-0.4, -0.2) is 27.6 Å². The van der Waals surface area contributed by atoms with Crippen LogP contribution in [0.2, 0.25) is 0 Å². The zero-order valence-electron chi connectivity index (χ0n) is 5.51. The van der Waals surface area contributed by atoms with Gasteiger partial charge in [-0.3, -0.25) is 7.91 Å². The largest absolute Gasteiger partial charge is 0.301 e. The minimum absolute atomic E-state index is 0.135. The van der Waals surface area contributed by atoms with E-state index < -0.39 is 0 Å². The predicted molar refractivity (Wildman–Crippen MR) is 45.7 cm³/mol. The molecule has 0 spiro atoms. The highest BCUT2D eigenvalue weighted by molar-refractivity contribution is 14.1. The molecular formula is C6H9IN2O. The van der Waals surface area contributed by atoms with Gasteiger partial charge in [-0.2, -0.15) is 0 Å². The Labute approximate surface area is 73.6 Å². The fourth-order valence-corrected chi connectivity index (χ4v) is 2.42. The summed E-state index contributed by atoms with van der Waals surface area (Å²) in [6.07, 6.45) is 2.19. The van der Waals surface area contributed by atoms with Crippen LogP contribution in [-0.2, 0) is 4.79 Å². The topological polar surface area (TPSA) is 32.3 Å². The molecule has 2 rings (SSSR count). The predicted octanol–water partition coefficient (Wildman–Crippen LogP) is 0.299. The van der Waals surface area contributed by atoms with Gasteiger partial charge in [0.15, 0.2) is 0 Å². The molecule has 2 atom stereocenters. The van der Waals surface area contributed by atoms with E-state index in [0.29, 0.717) is 6.04 Å². The van der Waals surface area contributed by atoms with E-state index >= 15 is 0 Å². The Bertz CT molecular complexity index is 173. The van der Waals surface area contributed by atoms with Crippen molar-refractivity contribution >= 4 is 28.8 Å². The van der Waals surface area contributed by atoms with Crippen LogP contribution < -0.4 is 5.32 Å². The minimum Gasteiger partial charge on any atom is -0.301 e. The van der Waals surface area contributed by atoms with Gasteiger partial charge in [-0.15, -0.1) is 0 Å². The summed E-state index contributed by atoms with van der Waals surface area (Å²) in [5.41, 5.74) is 0. The molecule has 1 amide bonds. The zero-order chi connectivity index (χ0) is 7.14.